The zero-order valence-electron chi connectivity index (χ0n) is 32.7. The van der Waals surface area contributed by atoms with Gasteiger partial charge in [-0.2, -0.15) is 0 Å². The van der Waals surface area contributed by atoms with Gasteiger partial charge in [-0.3, -0.25) is 0 Å². The highest BCUT2D eigenvalue weighted by Gasteiger charge is 2.17. The molecule has 1 aromatic heterocycles. The van der Waals surface area contributed by atoms with Crippen molar-refractivity contribution in [3.05, 3.63) is 224 Å². The second-order valence-electron chi connectivity index (χ2n) is 15.2. The fourth-order valence-corrected chi connectivity index (χ4v) is 8.56. The molecule has 0 aliphatic carbocycles. The summed E-state index contributed by atoms with van der Waals surface area (Å²) in [6, 6.07) is 79.5. The van der Waals surface area contributed by atoms with Gasteiger partial charge in [0.15, 0.2) is 17.5 Å². The molecule has 0 aliphatic heterocycles. The Morgan fingerprint density at radius 1 is 0.200 bits per heavy atom. The van der Waals surface area contributed by atoms with Gasteiger partial charge in [-0.1, -0.05) is 212 Å². The summed E-state index contributed by atoms with van der Waals surface area (Å²) >= 11 is 0. The second-order valence-corrected chi connectivity index (χ2v) is 15.2. The summed E-state index contributed by atoms with van der Waals surface area (Å²) in [7, 11) is 0. The van der Waals surface area contributed by atoms with E-state index in [1.54, 1.807) is 0 Å². The topological polar surface area (TPSA) is 38.7 Å². The lowest BCUT2D eigenvalue weighted by Gasteiger charge is -2.13. The molecule has 280 valence electrons. The average molecular weight is 764 g/mol. The molecule has 0 spiro atoms. The molecule has 0 bridgehead atoms. The molecule has 60 heavy (non-hydrogen) atoms. The van der Waals surface area contributed by atoms with E-state index >= 15 is 0 Å². The predicted octanol–water partition coefficient (Wildman–Crippen LogP) is 15.0. The van der Waals surface area contributed by atoms with E-state index in [9.17, 15) is 0 Å². The Bertz CT molecular complexity index is 3350. The highest BCUT2D eigenvalue weighted by Crippen LogP contribution is 2.38. The molecule has 0 saturated heterocycles. The maximum absolute atomic E-state index is 5.27. The van der Waals surface area contributed by atoms with E-state index < -0.39 is 0 Å². The Kier molecular flexibility index (Phi) is 8.83. The molecule has 0 aliphatic rings. The van der Waals surface area contributed by atoms with Gasteiger partial charge in [0.25, 0.3) is 0 Å². The molecule has 11 rings (SSSR count). The van der Waals surface area contributed by atoms with Gasteiger partial charge in [0.2, 0.25) is 0 Å². The summed E-state index contributed by atoms with van der Waals surface area (Å²) in [5, 5.41) is 6.99. The molecule has 0 amide bonds. The van der Waals surface area contributed by atoms with Crippen molar-refractivity contribution in [2.24, 2.45) is 0 Å². The van der Waals surface area contributed by atoms with Gasteiger partial charge in [-0.05, 0) is 89.0 Å². The average Bonchev–Trinajstić information content (AvgIpc) is 3.33. The Morgan fingerprint density at radius 3 is 1.33 bits per heavy atom. The van der Waals surface area contributed by atoms with E-state index in [1.165, 1.54) is 49.7 Å². The Balaban J connectivity index is 1.06. The number of benzene rings is 10. The van der Waals surface area contributed by atoms with Crippen molar-refractivity contribution in [2.45, 2.75) is 0 Å². The van der Waals surface area contributed by atoms with E-state index in [0.29, 0.717) is 17.5 Å². The van der Waals surface area contributed by atoms with Crippen molar-refractivity contribution in [1.82, 2.24) is 15.0 Å². The Morgan fingerprint density at radius 2 is 0.617 bits per heavy atom. The van der Waals surface area contributed by atoms with Gasteiger partial charge in [0, 0.05) is 16.7 Å². The van der Waals surface area contributed by atoms with Crippen molar-refractivity contribution in [3.8, 4) is 78.7 Å². The molecular weight excluding hydrogens is 727 g/mol. The molecule has 3 heteroatoms. The molecule has 0 N–H and O–H groups in total. The number of nitrogens with zero attached hydrogens (tertiary/aromatic N) is 3. The lowest BCUT2D eigenvalue weighted by Crippen LogP contribution is -2.01. The highest BCUT2D eigenvalue weighted by atomic mass is 15.0. The van der Waals surface area contributed by atoms with Crippen molar-refractivity contribution >= 4 is 32.3 Å². The summed E-state index contributed by atoms with van der Waals surface area (Å²) in [6.07, 6.45) is 0. The van der Waals surface area contributed by atoms with Crippen LogP contribution in [0.4, 0.5) is 0 Å². The first-order valence-corrected chi connectivity index (χ1v) is 20.3. The standard InChI is InChI=1S/C57H37N3/c1-3-14-39(15-4-1)47-21-9-10-22-49(47)42-30-32-43(33-31-42)55-58-56(60-57(59-55)54-27-13-25-52-50(24-12-26-53(52)54)40-16-5-2-6-17-40)45-35-29-38-28-34-44(36-46(38)37-45)51-23-11-19-41-18-7-8-20-48(41)51/h1-37H. The third kappa shape index (κ3) is 6.49. The normalized spacial score (nSPS) is 11.3. The van der Waals surface area contributed by atoms with Crippen LogP contribution in [0.1, 0.15) is 0 Å². The van der Waals surface area contributed by atoms with Crippen LogP contribution in [0, 0.1) is 0 Å². The molecule has 10 aromatic carbocycles. The highest BCUT2D eigenvalue weighted by molar-refractivity contribution is 6.04. The second kappa shape index (κ2) is 15.1. The van der Waals surface area contributed by atoms with Crippen molar-refractivity contribution in [3.63, 3.8) is 0 Å². The first-order valence-electron chi connectivity index (χ1n) is 20.3. The van der Waals surface area contributed by atoms with E-state index in [4.69, 9.17) is 15.0 Å². The molecule has 1 heterocycles. The van der Waals surface area contributed by atoms with Crippen molar-refractivity contribution in [1.29, 1.82) is 0 Å². The van der Waals surface area contributed by atoms with Crippen LogP contribution in [0.15, 0.2) is 224 Å². The van der Waals surface area contributed by atoms with Crippen LogP contribution in [0.25, 0.3) is 111 Å². The fraction of sp³-hybridized carbons (Fsp3) is 0. The maximum Gasteiger partial charge on any atom is 0.164 e. The van der Waals surface area contributed by atoms with Crippen LogP contribution >= 0.6 is 0 Å². The maximum atomic E-state index is 5.27. The lowest BCUT2D eigenvalue weighted by atomic mass is 9.94. The minimum Gasteiger partial charge on any atom is -0.208 e. The van der Waals surface area contributed by atoms with E-state index in [-0.39, 0.29) is 0 Å². The zero-order valence-corrected chi connectivity index (χ0v) is 32.7. The van der Waals surface area contributed by atoms with Crippen molar-refractivity contribution in [2.75, 3.05) is 0 Å². The van der Waals surface area contributed by atoms with Crippen LogP contribution < -0.4 is 0 Å². The van der Waals surface area contributed by atoms with Gasteiger partial charge >= 0.3 is 0 Å². The summed E-state index contributed by atoms with van der Waals surface area (Å²) in [6.45, 7) is 0. The minimum absolute atomic E-state index is 0.624. The van der Waals surface area contributed by atoms with Gasteiger partial charge in [-0.25, -0.2) is 15.0 Å². The van der Waals surface area contributed by atoms with Crippen LogP contribution in [0.5, 0.6) is 0 Å². The molecular formula is C57H37N3. The third-order valence-corrected chi connectivity index (χ3v) is 11.5. The first kappa shape index (κ1) is 35.2. The van der Waals surface area contributed by atoms with Gasteiger partial charge in [-0.15, -0.1) is 0 Å². The molecule has 3 nitrogen and oxygen atoms in total. The van der Waals surface area contributed by atoms with E-state index in [1.807, 2.05) is 0 Å². The number of fused-ring (bicyclic) bond motifs is 3. The predicted molar refractivity (Wildman–Crippen MR) is 250 cm³/mol. The molecule has 0 atom stereocenters. The van der Waals surface area contributed by atoms with Crippen LogP contribution in [-0.2, 0) is 0 Å². The number of hydrogen-bond acceptors (Lipinski definition) is 3. The van der Waals surface area contributed by atoms with Crippen LogP contribution in [-0.4, -0.2) is 15.0 Å². The van der Waals surface area contributed by atoms with Gasteiger partial charge < -0.3 is 0 Å². The fourth-order valence-electron chi connectivity index (χ4n) is 8.56. The monoisotopic (exact) mass is 763 g/mol. The molecule has 0 radical (unpaired) electrons. The van der Waals surface area contributed by atoms with Gasteiger partial charge in [0.05, 0.1) is 0 Å². The van der Waals surface area contributed by atoms with Crippen molar-refractivity contribution < 1.29 is 0 Å². The van der Waals surface area contributed by atoms with Gasteiger partial charge in [0.1, 0.15) is 0 Å². The molecule has 0 saturated carbocycles. The quantitative estimate of drug-likeness (QED) is 0.162. The number of aromatic nitrogens is 3. The molecule has 11 aromatic rings. The van der Waals surface area contributed by atoms with E-state index in [2.05, 4.69) is 224 Å². The Hall–Kier alpha value is -8.01. The zero-order chi connectivity index (χ0) is 39.8. The molecule has 0 unspecified atom stereocenters. The summed E-state index contributed by atoms with van der Waals surface area (Å²) < 4.78 is 0. The summed E-state index contributed by atoms with van der Waals surface area (Å²) in [5.74, 6) is 1.88. The lowest BCUT2D eigenvalue weighted by molar-refractivity contribution is 1.08. The number of hydrogen-bond donors (Lipinski definition) is 0. The minimum atomic E-state index is 0.624. The number of rotatable bonds is 7. The summed E-state index contributed by atoms with van der Waals surface area (Å²) in [5.41, 5.74) is 12.2. The first-order chi connectivity index (χ1) is 29.7. The SMILES string of the molecule is c1ccc(-c2ccccc2-c2ccc(-c3nc(-c4ccc5ccc(-c6cccc7ccccc67)cc5c4)nc(-c4cccc5c(-c6ccccc6)cccc45)n3)cc2)cc1. The Labute approximate surface area is 349 Å². The smallest absolute Gasteiger partial charge is 0.164 e. The van der Waals surface area contributed by atoms with Crippen LogP contribution in [0.2, 0.25) is 0 Å². The van der Waals surface area contributed by atoms with Crippen LogP contribution in [0.3, 0.4) is 0 Å². The largest absolute Gasteiger partial charge is 0.208 e. The third-order valence-electron chi connectivity index (χ3n) is 11.5. The molecule has 0 fully saturated rings. The van der Waals surface area contributed by atoms with E-state index in [0.717, 1.165) is 43.8 Å². The summed E-state index contributed by atoms with van der Waals surface area (Å²) in [4.78, 5) is 15.7.